The van der Waals surface area contributed by atoms with Crippen LogP contribution in [-0.2, 0) is 9.53 Å². The number of ether oxygens (including phenoxy) is 2. The smallest absolute Gasteiger partial charge is 0.363 e. The van der Waals surface area contributed by atoms with Gasteiger partial charge in [-0.3, -0.25) is 20.2 Å². The first-order valence-electron chi connectivity index (χ1n) is 9.71. The molecule has 0 bridgehead atoms. The predicted octanol–water partition coefficient (Wildman–Crippen LogP) is 5.55. The Balaban J connectivity index is 1.61. The number of nitro groups is 2. The van der Waals surface area contributed by atoms with Crippen LogP contribution in [0, 0.1) is 30.7 Å². The second-order valence-corrected chi connectivity index (χ2v) is 8.30. The highest BCUT2D eigenvalue weighted by molar-refractivity contribution is 14.1. The maximum absolute atomic E-state index is 12.3. The molecule has 0 unspecified atom stereocenters. The van der Waals surface area contributed by atoms with Gasteiger partial charge < -0.3 is 9.47 Å². The molecule has 10 nitrogen and oxygen atoms in total. The standard InChI is InChI=1S/C23H14IN3O7/c1-13-9-15(5-7-18(13)24)22-25-19(23(28)34-22)11-14-3-2-4-17(10-14)33-21-8-6-16(26(29)30)12-20(21)27(31)32/h2-12H,1H3/b19-11-. The molecule has 1 aliphatic heterocycles. The number of halogens is 1. The van der Waals surface area contributed by atoms with E-state index in [9.17, 15) is 25.0 Å². The van der Waals surface area contributed by atoms with Crippen molar-refractivity contribution < 1.29 is 24.1 Å². The second-order valence-electron chi connectivity index (χ2n) is 7.14. The van der Waals surface area contributed by atoms with E-state index in [1.807, 2.05) is 25.1 Å². The number of hydrogen-bond acceptors (Lipinski definition) is 8. The second kappa shape index (κ2) is 9.39. The van der Waals surface area contributed by atoms with E-state index in [0.717, 1.165) is 27.3 Å². The normalized spacial score (nSPS) is 14.0. The summed E-state index contributed by atoms with van der Waals surface area (Å²) in [6.45, 7) is 1.94. The van der Waals surface area contributed by atoms with Gasteiger partial charge in [0.2, 0.25) is 11.6 Å². The summed E-state index contributed by atoms with van der Waals surface area (Å²) in [6, 6.07) is 15.1. The number of rotatable bonds is 6. The zero-order valence-electron chi connectivity index (χ0n) is 17.4. The van der Waals surface area contributed by atoms with E-state index in [2.05, 4.69) is 27.6 Å². The van der Waals surface area contributed by atoms with Gasteiger partial charge in [-0.15, -0.1) is 0 Å². The lowest BCUT2D eigenvalue weighted by Gasteiger charge is -2.07. The largest absolute Gasteiger partial charge is 0.450 e. The van der Waals surface area contributed by atoms with Crippen LogP contribution in [-0.4, -0.2) is 21.7 Å². The molecule has 0 radical (unpaired) electrons. The topological polar surface area (TPSA) is 134 Å². The summed E-state index contributed by atoms with van der Waals surface area (Å²) in [7, 11) is 0. The first-order valence-corrected chi connectivity index (χ1v) is 10.8. The zero-order valence-corrected chi connectivity index (χ0v) is 19.6. The summed E-state index contributed by atoms with van der Waals surface area (Å²) < 4.78 is 12.0. The van der Waals surface area contributed by atoms with Gasteiger partial charge in [-0.1, -0.05) is 12.1 Å². The molecule has 0 amide bonds. The van der Waals surface area contributed by atoms with Gasteiger partial charge in [-0.05, 0) is 83.1 Å². The van der Waals surface area contributed by atoms with Crippen LogP contribution in [0.15, 0.2) is 71.4 Å². The number of non-ortho nitro benzene ring substituents is 1. The van der Waals surface area contributed by atoms with E-state index in [1.165, 1.54) is 6.08 Å². The third-order valence-electron chi connectivity index (χ3n) is 4.76. The van der Waals surface area contributed by atoms with Crippen LogP contribution >= 0.6 is 22.6 Å². The summed E-state index contributed by atoms with van der Waals surface area (Å²) in [6.07, 6.45) is 1.51. The van der Waals surface area contributed by atoms with Crippen LogP contribution < -0.4 is 4.74 Å². The lowest BCUT2D eigenvalue weighted by atomic mass is 10.1. The summed E-state index contributed by atoms with van der Waals surface area (Å²) >= 11 is 2.21. The number of carbonyl (C=O) groups is 1. The quantitative estimate of drug-likeness (QED) is 0.124. The minimum absolute atomic E-state index is 0.0877. The predicted molar refractivity (Wildman–Crippen MR) is 131 cm³/mol. The van der Waals surface area contributed by atoms with E-state index >= 15 is 0 Å². The number of carbonyl (C=O) groups excluding carboxylic acids is 1. The molecule has 34 heavy (non-hydrogen) atoms. The molecule has 1 aliphatic rings. The molecule has 0 saturated heterocycles. The van der Waals surface area contributed by atoms with Crippen molar-refractivity contribution in [1.29, 1.82) is 0 Å². The molecule has 0 fully saturated rings. The van der Waals surface area contributed by atoms with E-state index in [1.54, 1.807) is 24.3 Å². The first kappa shape index (κ1) is 23.0. The Morgan fingerprint density at radius 2 is 1.82 bits per heavy atom. The highest BCUT2D eigenvalue weighted by Gasteiger charge is 2.25. The lowest BCUT2D eigenvalue weighted by Crippen LogP contribution is -2.05. The average molecular weight is 571 g/mol. The maximum atomic E-state index is 12.3. The Kier molecular flexibility index (Phi) is 6.36. The molecule has 1 heterocycles. The first-order chi connectivity index (χ1) is 16.2. The van der Waals surface area contributed by atoms with Gasteiger partial charge in [0, 0.05) is 15.2 Å². The SMILES string of the molecule is Cc1cc(C2=N/C(=C\c3cccc(Oc4ccc([N+](=O)[O-])cc4[N+](=O)[O-])c3)C(=O)O2)ccc1I. The highest BCUT2D eigenvalue weighted by Crippen LogP contribution is 2.35. The van der Waals surface area contributed by atoms with Crippen molar-refractivity contribution in [3.63, 3.8) is 0 Å². The van der Waals surface area contributed by atoms with Crippen molar-refractivity contribution in [3.05, 3.63) is 107 Å². The average Bonchev–Trinajstić information content (AvgIpc) is 3.16. The molecule has 0 atom stereocenters. The number of aryl methyl sites for hydroxylation is 1. The van der Waals surface area contributed by atoms with Gasteiger partial charge in [-0.2, -0.15) is 0 Å². The third kappa shape index (κ3) is 4.93. The molecule has 11 heteroatoms. The van der Waals surface area contributed by atoms with Crippen LogP contribution in [0.1, 0.15) is 16.7 Å². The fraction of sp³-hybridized carbons (Fsp3) is 0.0435. The van der Waals surface area contributed by atoms with Crippen LogP contribution in [0.3, 0.4) is 0 Å². The van der Waals surface area contributed by atoms with Gasteiger partial charge in [-0.25, -0.2) is 9.79 Å². The molecule has 0 aromatic heterocycles. The molecule has 0 aliphatic carbocycles. The van der Waals surface area contributed by atoms with Crippen molar-refractivity contribution >= 4 is 51.9 Å². The molecule has 3 aromatic carbocycles. The zero-order chi connectivity index (χ0) is 24.4. The van der Waals surface area contributed by atoms with E-state index in [4.69, 9.17) is 9.47 Å². The molecule has 0 saturated carbocycles. The summed E-state index contributed by atoms with van der Waals surface area (Å²) in [5.74, 6) is -0.335. The Morgan fingerprint density at radius 1 is 1.03 bits per heavy atom. The molecule has 170 valence electrons. The number of cyclic esters (lactones) is 1. The lowest BCUT2D eigenvalue weighted by molar-refractivity contribution is -0.394. The molecular weight excluding hydrogens is 557 g/mol. The van der Waals surface area contributed by atoms with E-state index < -0.39 is 27.2 Å². The van der Waals surface area contributed by atoms with Gasteiger partial charge >= 0.3 is 11.7 Å². The number of hydrogen-bond donors (Lipinski definition) is 0. The number of nitro benzene ring substituents is 2. The molecule has 0 spiro atoms. The minimum atomic E-state index is -0.759. The molecular formula is C23H14IN3O7. The van der Waals surface area contributed by atoms with Crippen LogP contribution in [0.25, 0.3) is 6.08 Å². The number of nitrogens with zero attached hydrogens (tertiary/aromatic N) is 3. The van der Waals surface area contributed by atoms with E-state index in [0.29, 0.717) is 11.1 Å². The van der Waals surface area contributed by atoms with Crippen LogP contribution in [0.4, 0.5) is 11.4 Å². The summed E-state index contributed by atoms with van der Waals surface area (Å²) in [5, 5.41) is 22.2. The third-order valence-corrected chi connectivity index (χ3v) is 5.98. The van der Waals surface area contributed by atoms with Gasteiger partial charge in [0.15, 0.2) is 5.70 Å². The van der Waals surface area contributed by atoms with Gasteiger partial charge in [0.05, 0.1) is 15.9 Å². The fourth-order valence-electron chi connectivity index (χ4n) is 3.11. The Hall–Kier alpha value is -4.13. The minimum Gasteiger partial charge on any atom is -0.450 e. The molecule has 4 rings (SSSR count). The van der Waals surface area contributed by atoms with Crippen molar-refractivity contribution in [2.75, 3.05) is 0 Å². The van der Waals surface area contributed by atoms with Crippen molar-refractivity contribution in [2.45, 2.75) is 6.92 Å². The Labute approximate surface area is 206 Å². The van der Waals surface area contributed by atoms with Crippen LogP contribution in [0.5, 0.6) is 11.5 Å². The number of aliphatic imine (C=N–C) groups is 1. The Morgan fingerprint density at radius 3 is 2.53 bits per heavy atom. The van der Waals surface area contributed by atoms with Gasteiger partial charge in [0.25, 0.3) is 5.69 Å². The monoisotopic (exact) mass is 571 g/mol. The fourth-order valence-corrected chi connectivity index (χ4v) is 3.45. The van der Waals surface area contributed by atoms with Gasteiger partial charge in [0.1, 0.15) is 5.75 Å². The molecule has 3 aromatic rings. The highest BCUT2D eigenvalue weighted by atomic mass is 127. The van der Waals surface area contributed by atoms with Crippen molar-refractivity contribution in [1.82, 2.24) is 0 Å². The maximum Gasteiger partial charge on any atom is 0.363 e. The number of benzene rings is 3. The van der Waals surface area contributed by atoms with Crippen LogP contribution in [0.2, 0.25) is 0 Å². The number of esters is 1. The molecule has 0 N–H and O–H groups in total. The van der Waals surface area contributed by atoms with Crippen molar-refractivity contribution in [3.8, 4) is 11.5 Å². The van der Waals surface area contributed by atoms with E-state index in [-0.39, 0.29) is 23.1 Å². The summed E-state index contributed by atoms with van der Waals surface area (Å²) in [5.41, 5.74) is 1.37. The summed E-state index contributed by atoms with van der Waals surface area (Å²) in [4.78, 5) is 37.4. The Bertz CT molecular complexity index is 1420. The van der Waals surface area contributed by atoms with Crippen molar-refractivity contribution in [2.24, 2.45) is 4.99 Å².